The molecule has 0 unspecified atom stereocenters. The van der Waals surface area contributed by atoms with Gasteiger partial charge in [-0.3, -0.25) is 0 Å². The standard InChI is InChI=1S/C11H10BrN3S/c1-6-4-3-5-8(13-6)10-14-7(2)9(12)11(16)15-10/h3-5H,1-2H3,(H,14,15,16). The molecule has 0 fully saturated rings. The summed E-state index contributed by atoms with van der Waals surface area (Å²) in [5.74, 6) is 0.703. The van der Waals surface area contributed by atoms with Crippen molar-refractivity contribution >= 4 is 28.1 Å². The first-order valence-electron chi connectivity index (χ1n) is 4.78. The van der Waals surface area contributed by atoms with Gasteiger partial charge in [-0.15, -0.1) is 0 Å². The molecule has 2 aromatic heterocycles. The van der Waals surface area contributed by atoms with E-state index in [-0.39, 0.29) is 0 Å². The molecule has 5 heteroatoms. The number of nitrogens with zero attached hydrogens (tertiary/aromatic N) is 2. The topological polar surface area (TPSA) is 41.6 Å². The average molecular weight is 296 g/mol. The van der Waals surface area contributed by atoms with Crippen LogP contribution in [-0.4, -0.2) is 15.0 Å². The van der Waals surface area contributed by atoms with Crippen LogP contribution in [0.1, 0.15) is 11.4 Å². The maximum atomic E-state index is 5.16. The van der Waals surface area contributed by atoms with Crippen LogP contribution in [0.2, 0.25) is 0 Å². The van der Waals surface area contributed by atoms with Gasteiger partial charge in [0.25, 0.3) is 0 Å². The zero-order chi connectivity index (χ0) is 11.7. The van der Waals surface area contributed by atoms with Gasteiger partial charge in [-0.2, -0.15) is 0 Å². The third-order valence-electron chi connectivity index (χ3n) is 2.17. The molecule has 2 rings (SSSR count). The van der Waals surface area contributed by atoms with Gasteiger partial charge in [0.05, 0.1) is 4.47 Å². The van der Waals surface area contributed by atoms with Crippen LogP contribution in [0.4, 0.5) is 0 Å². The molecule has 0 amide bonds. The predicted molar refractivity (Wildman–Crippen MR) is 69.8 cm³/mol. The number of H-pyrrole nitrogens is 1. The second kappa shape index (κ2) is 4.43. The highest BCUT2D eigenvalue weighted by molar-refractivity contribution is 9.10. The Kier molecular flexibility index (Phi) is 3.16. The Morgan fingerprint density at radius 1 is 1.25 bits per heavy atom. The average Bonchev–Trinajstić information content (AvgIpc) is 2.25. The molecule has 2 aromatic rings. The van der Waals surface area contributed by atoms with Crippen LogP contribution in [-0.2, 0) is 0 Å². The largest absolute Gasteiger partial charge is 0.341 e. The Morgan fingerprint density at radius 2 is 2.00 bits per heavy atom. The maximum absolute atomic E-state index is 5.16. The molecule has 0 bridgehead atoms. The maximum Gasteiger partial charge on any atom is 0.157 e. The van der Waals surface area contributed by atoms with Crippen LogP contribution in [0, 0.1) is 18.5 Å². The molecule has 16 heavy (non-hydrogen) atoms. The lowest BCUT2D eigenvalue weighted by atomic mass is 10.3. The molecule has 3 nitrogen and oxygen atoms in total. The molecule has 0 aliphatic heterocycles. The Morgan fingerprint density at radius 3 is 2.62 bits per heavy atom. The number of rotatable bonds is 1. The molecule has 82 valence electrons. The molecule has 2 heterocycles. The summed E-state index contributed by atoms with van der Waals surface area (Å²) in [5.41, 5.74) is 2.72. The molecule has 0 saturated heterocycles. The van der Waals surface area contributed by atoms with Crippen LogP contribution < -0.4 is 0 Å². The highest BCUT2D eigenvalue weighted by Gasteiger charge is 2.05. The second-order valence-electron chi connectivity index (χ2n) is 3.49. The lowest BCUT2D eigenvalue weighted by Gasteiger charge is -2.04. The van der Waals surface area contributed by atoms with E-state index >= 15 is 0 Å². The fourth-order valence-corrected chi connectivity index (χ4v) is 1.80. The minimum atomic E-state index is 0.551. The number of aromatic amines is 1. The normalized spacial score (nSPS) is 10.4. The minimum absolute atomic E-state index is 0.551. The highest BCUT2D eigenvalue weighted by Crippen LogP contribution is 2.19. The van der Waals surface area contributed by atoms with Crippen LogP contribution >= 0.6 is 28.1 Å². The highest BCUT2D eigenvalue weighted by atomic mass is 79.9. The van der Waals surface area contributed by atoms with Crippen molar-refractivity contribution in [1.82, 2.24) is 15.0 Å². The van der Waals surface area contributed by atoms with Crippen molar-refractivity contribution in [3.63, 3.8) is 0 Å². The number of nitrogens with one attached hydrogen (secondary N) is 1. The van der Waals surface area contributed by atoms with Crippen LogP contribution in [0.5, 0.6) is 0 Å². The quantitative estimate of drug-likeness (QED) is 0.818. The molecule has 0 radical (unpaired) electrons. The molecule has 0 aliphatic rings. The van der Waals surface area contributed by atoms with Crippen molar-refractivity contribution in [3.8, 4) is 11.5 Å². The van der Waals surface area contributed by atoms with Gasteiger partial charge in [-0.05, 0) is 41.9 Å². The van der Waals surface area contributed by atoms with Gasteiger partial charge in [-0.25, -0.2) is 9.97 Å². The Labute approximate surface area is 107 Å². The lowest BCUT2D eigenvalue weighted by Crippen LogP contribution is -1.96. The summed E-state index contributed by atoms with van der Waals surface area (Å²) in [6, 6.07) is 5.81. The summed E-state index contributed by atoms with van der Waals surface area (Å²) in [5, 5.41) is 0. The Bertz CT molecular complexity index is 592. The first-order valence-corrected chi connectivity index (χ1v) is 5.98. The smallest absolute Gasteiger partial charge is 0.157 e. The van der Waals surface area contributed by atoms with Gasteiger partial charge in [-0.1, -0.05) is 18.3 Å². The van der Waals surface area contributed by atoms with E-state index < -0.39 is 0 Å². The molecule has 1 N–H and O–H groups in total. The van der Waals surface area contributed by atoms with Gasteiger partial charge in [0.1, 0.15) is 10.3 Å². The SMILES string of the molecule is Cc1cccc(-c2nc(=S)c(Br)c(C)[nH]2)n1. The van der Waals surface area contributed by atoms with Gasteiger partial charge < -0.3 is 4.98 Å². The van der Waals surface area contributed by atoms with Crippen molar-refractivity contribution in [2.75, 3.05) is 0 Å². The molecule has 0 aliphatic carbocycles. The number of hydrogen-bond donors (Lipinski definition) is 1. The molecule has 0 aromatic carbocycles. The molecular weight excluding hydrogens is 286 g/mol. The number of halogens is 1. The summed E-state index contributed by atoms with van der Waals surface area (Å²) in [6.45, 7) is 3.89. The Balaban J connectivity index is 2.61. The van der Waals surface area contributed by atoms with E-state index in [4.69, 9.17) is 12.2 Å². The zero-order valence-corrected chi connectivity index (χ0v) is 11.3. The van der Waals surface area contributed by atoms with Crippen LogP contribution in [0.3, 0.4) is 0 Å². The molecule has 0 saturated carbocycles. The minimum Gasteiger partial charge on any atom is -0.341 e. The third kappa shape index (κ3) is 2.20. The van der Waals surface area contributed by atoms with Gasteiger partial charge in [0, 0.05) is 11.4 Å². The number of hydrogen-bond acceptors (Lipinski definition) is 3. The van der Waals surface area contributed by atoms with E-state index in [2.05, 4.69) is 30.9 Å². The fraction of sp³-hybridized carbons (Fsp3) is 0.182. The molecular formula is C11H10BrN3S. The van der Waals surface area contributed by atoms with Gasteiger partial charge in [0.15, 0.2) is 5.82 Å². The summed E-state index contributed by atoms with van der Waals surface area (Å²) in [6.07, 6.45) is 0. The molecule has 0 spiro atoms. The van der Waals surface area contributed by atoms with Crippen molar-refractivity contribution in [3.05, 3.63) is 38.7 Å². The van der Waals surface area contributed by atoms with E-state index in [9.17, 15) is 0 Å². The zero-order valence-electron chi connectivity index (χ0n) is 8.91. The van der Waals surface area contributed by atoms with Crippen LogP contribution in [0.25, 0.3) is 11.5 Å². The van der Waals surface area contributed by atoms with E-state index in [1.165, 1.54) is 0 Å². The van der Waals surface area contributed by atoms with Crippen molar-refractivity contribution in [2.24, 2.45) is 0 Å². The first-order chi connectivity index (χ1) is 7.58. The number of aromatic nitrogens is 3. The van der Waals surface area contributed by atoms with E-state index in [0.29, 0.717) is 10.5 Å². The lowest BCUT2D eigenvalue weighted by molar-refractivity contribution is 1.05. The summed E-state index contributed by atoms with van der Waals surface area (Å²) in [4.78, 5) is 11.9. The van der Waals surface area contributed by atoms with Crippen LogP contribution in [0.15, 0.2) is 22.7 Å². The summed E-state index contributed by atoms with van der Waals surface area (Å²) < 4.78 is 1.38. The fourth-order valence-electron chi connectivity index (χ4n) is 1.37. The number of pyridine rings is 1. The second-order valence-corrected chi connectivity index (χ2v) is 4.67. The van der Waals surface area contributed by atoms with Crippen molar-refractivity contribution in [1.29, 1.82) is 0 Å². The first kappa shape index (κ1) is 11.4. The predicted octanol–water partition coefficient (Wildman–Crippen LogP) is 3.58. The van der Waals surface area contributed by atoms with Gasteiger partial charge >= 0.3 is 0 Å². The number of aryl methyl sites for hydroxylation is 2. The Hall–Kier alpha value is -1.07. The van der Waals surface area contributed by atoms with Crippen molar-refractivity contribution < 1.29 is 0 Å². The van der Waals surface area contributed by atoms with E-state index in [0.717, 1.165) is 21.6 Å². The summed E-state index contributed by atoms with van der Waals surface area (Å²) in [7, 11) is 0. The van der Waals surface area contributed by atoms with E-state index in [1.807, 2.05) is 32.0 Å². The third-order valence-corrected chi connectivity index (χ3v) is 3.70. The van der Waals surface area contributed by atoms with Gasteiger partial charge in [0.2, 0.25) is 0 Å². The van der Waals surface area contributed by atoms with Crippen molar-refractivity contribution in [2.45, 2.75) is 13.8 Å². The summed E-state index contributed by atoms with van der Waals surface area (Å²) >= 11 is 8.54. The van der Waals surface area contributed by atoms with E-state index in [1.54, 1.807) is 0 Å². The monoisotopic (exact) mass is 295 g/mol. The molecule has 0 atom stereocenters.